The molecule has 1 heterocycles. The molecule has 6 heteroatoms. The molecule has 1 aromatic rings. The highest BCUT2D eigenvalue weighted by molar-refractivity contribution is 5.97. The molecule has 1 aromatic carbocycles. The number of benzene rings is 1. The summed E-state index contributed by atoms with van der Waals surface area (Å²) in [5, 5.41) is 2.80. The number of carbonyl (C=O) groups excluding carboxylic acids is 3. The zero-order valence-corrected chi connectivity index (χ0v) is 17.6. The number of hydrogen-bond acceptors (Lipinski definition) is 4. The molecule has 2 atom stereocenters. The Kier molecular flexibility index (Phi) is 7.22. The second kappa shape index (κ2) is 9.22. The molecule has 1 fully saturated rings. The average Bonchev–Trinajstić information content (AvgIpc) is 2.66. The second-order valence-corrected chi connectivity index (χ2v) is 8.42. The predicted molar refractivity (Wildman–Crippen MR) is 109 cm³/mol. The minimum absolute atomic E-state index is 0.141. The number of ether oxygens (including phenoxy) is 1. The lowest BCUT2D eigenvalue weighted by Gasteiger charge is -2.36. The third-order valence-corrected chi connectivity index (χ3v) is 5.05. The van der Waals surface area contributed by atoms with E-state index < -0.39 is 17.5 Å². The van der Waals surface area contributed by atoms with Crippen molar-refractivity contribution >= 4 is 23.5 Å². The fraction of sp³-hybridized carbons (Fsp3) is 0.591. The molecular weight excluding hydrogens is 356 g/mol. The SMILES string of the molecule is CCC1CCCCN1C(=O)C(C)OC(=O)c1cccc(NC(=O)C(C)(C)C)c1. The van der Waals surface area contributed by atoms with Crippen LogP contribution in [0.3, 0.4) is 0 Å². The summed E-state index contributed by atoms with van der Waals surface area (Å²) in [6.45, 7) is 9.86. The first-order valence-corrected chi connectivity index (χ1v) is 10.1. The lowest BCUT2D eigenvalue weighted by atomic mass is 9.95. The summed E-state index contributed by atoms with van der Waals surface area (Å²) >= 11 is 0. The van der Waals surface area contributed by atoms with Gasteiger partial charge in [0.2, 0.25) is 5.91 Å². The summed E-state index contributed by atoms with van der Waals surface area (Å²) in [7, 11) is 0. The molecule has 1 N–H and O–H groups in total. The lowest BCUT2D eigenvalue weighted by molar-refractivity contribution is -0.143. The molecule has 2 amide bonds. The topological polar surface area (TPSA) is 75.7 Å². The van der Waals surface area contributed by atoms with Crippen LogP contribution >= 0.6 is 0 Å². The zero-order chi connectivity index (χ0) is 20.9. The number of esters is 1. The quantitative estimate of drug-likeness (QED) is 0.774. The number of rotatable bonds is 5. The fourth-order valence-corrected chi connectivity index (χ4v) is 3.27. The van der Waals surface area contributed by atoms with E-state index in [2.05, 4.69) is 12.2 Å². The normalized spacial score (nSPS) is 18.3. The van der Waals surface area contributed by atoms with Gasteiger partial charge in [0, 0.05) is 23.7 Å². The van der Waals surface area contributed by atoms with Crippen molar-refractivity contribution < 1.29 is 19.1 Å². The van der Waals surface area contributed by atoms with E-state index in [4.69, 9.17) is 4.74 Å². The standard InChI is InChI=1S/C22H32N2O4/c1-6-18-12-7-8-13-24(18)19(25)15(2)28-20(26)16-10-9-11-17(14-16)23-21(27)22(3,4)5/h9-11,14-15,18H,6-8,12-13H2,1-5H3,(H,23,27). The van der Waals surface area contributed by atoms with Gasteiger partial charge in [-0.15, -0.1) is 0 Å². The van der Waals surface area contributed by atoms with Gasteiger partial charge in [-0.2, -0.15) is 0 Å². The van der Waals surface area contributed by atoms with Crippen molar-refractivity contribution in [3.63, 3.8) is 0 Å². The van der Waals surface area contributed by atoms with Gasteiger partial charge in [0.05, 0.1) is 5.56 Å². The van der Waals surface area contributed by atoms with Crippen LogP contribution in [0.2, 0.25) is 0 Å². The summed E-state index contributed by atoms with van der Waals surface area (Å²) in [5.74, 6) is -0.855. The number of carbonyl (C=O) groups is 3. The molecule has 0 bridgehead atoms. The maximum absolute atomic E-state index is 12.7. The van der Waals surface area contributed by atoms with Crippen LogP contribution in [0.25, 0.3) is 0 Å². The summed E-state index contributed by atoms with van der Waals surface area (Å²) < 4.78 is 5.43. The number of nitrogens with one attached hydrogen (secondary N) is 1. The molecule has 0 aromatic heterocycles. The van der Waals surface area contributed by atoms with E-state index in [-0.39, 0.29) is 17.9 Å². The van der Waals surface area contributed by atoms with E-state index in [0.717, 1.165) is 25.7 Å². The van der Waals surface area contributed by atoms with Gasteiger partial charge in [-0.3, -0.25) is 9.59 Å². The Balaban J connectivity index is 2.03. The van der Waals surface area contributed by atoms with Crippen molar-refractivity contribution in [3.05, 3.63) is 29.8 Å². The van der Waals surface area contributed by atoms with Crippen LogP contribution in [0.5, 0.6) is 0 Å². The lowest BCUT2D eigenvalue weighted by Crippen LogP contribution is -2.48. The highest BCUT2D eigenvalue weighted by Gasteiger charge is 2.30. The van der Waals surface area contributed by atoms with Crippen LogP contribution in [0, 0.1) is 5.41 Å². The van der Waals surface area contributed by atoms with Crippen LogP contribution in [0.15, 0.2) is 24.3 Å². The van der Waals surface area contributed by atoms with Gasteiger partial charge < -0.3 is 15.0 Å². The summed E-state index contributed by atoms with van der Waals surface area (Å²) in [5.41, 5.74) is 0.286. The highest BCUT2D eigenvalue weighted by atomic mass is 16.5. The van der Waals surface area contributed by atoms with Gasteiger partial charge in [-0.05, 0) is 50.8 Å². The largest absolute Gasteiger partial charge is 0.449 e. The Morgan fingerprint density at radius 2 is 1.96 bits per heavy atom. The number of amides is 2. The molecule has 1 saturated heterocycles. The maximum Gasteiger partial charge on any atom is 0.338 e. The number of piperidine rings is 1. The molecule has 0 saturated carbocycles. The average molecular weight is 389 g/mol. The second-order valence-electron chi connectivity index (χ2n) is 8.42. The molecule has 28 heavy (non-hydrogen) atoms. The molecule has 0 spiro atoms. The van der Waals surface area contributed by atoms with Gasteiger partial charge in [0.15, 0.2) is 6.10 Å². The smallest absolute Gasteiger partial charge is 0.338 e. The number of nitrogens with zero attached hydrogens (tertiary/aromatic N) is 1. The van der Waals surface area contributed by atoms with Crippen molar-refractivity contribution in [2.24, 2.45) is 5.41 Å². The van der Waals surface area contributed by atoms with Gasteiger partial charge >= 0.3 is 5.97 Å². The Morgan fingerprint density at radius 3 is 2.61 bits per heavy atom. The monoisotopic (exact) mass is 388 g/mol. The summed E-state index contributed by atoms with van der Waals surface area (Å²) in [6.07, 6.45) is 3.18. The van der Waals surface area contributed by atoms with E-state index in [1.165, 1.54) is 0 Å². The molecular formula is C22H32N2O4. The highest BCUT2D eigenvalue weighted by Crippen LogP contribution is 2.22. The van der Waals surface area contributed by atoms with Gasteiger partial charge in [-0.1, -0.05) is 33.8 Å². The Morgan fingerprint density at radius 1 is 1.25 bits per heavy atom. The minimum Gasteiger partial charge on any atom is -0.449 e. The van der Waals surface area contributed by atoms with Crippen molar-refractivity contribution in [1.82, 2.24) is 4.90 Å². The van der Waals surface area contributed by atoms with Crippen LogP contribution in [-0.2, 0) is 14.3 Å². The fourth-order valence-electron chi connectivity index (χ4n) is 3.27. The van der Waals surface area contributed by atoms with Crippen molar-refractivity contribution in [2.45, 2.75) is 72.4 Å². The molecule has 0 aliphatic carbocycles. The molecule has 2 rings (SSSR count). The Bertz CT molecular complexity index is 723. The van der Waals surface area contributed by atoms with Gasteiger partial charge in [0.25, 0.3) is 5.91 Å². The predicted octanol–water partition coefficient (Wildman–Crippen LogP) is 4.01. The van der Waals surface area contributed by atoms with Gasteiger partial charge in [-0.25, -0.2) is 4.79 Å². The third-order valence-electron chi connectivity index (χ3n) is 5.05. The first kappa shape index (κ1) is 21.9. The van der Waals surface area contributed by atoms with Crippen molar-refractivity contribution in [2.75, 3.05) is 11.9 Å². The van der Waals surface area contributed by atoms with Crippen LogP contribution in [-0.4, -0.2) is 41.4 Å². The Hall–Kier alpha value is -2.37. The molecule has 1 aliphatic rings. The maximum atomic E-state index is 12.7. The first-order chi connectivity index (χ1) is 13.1. The first-order valence-electron chi connectivity index (χ1n) is 10.1. The van der Waals surface area contributed by atoms with Crippen molar-refractivity contribution in [1.29, 1.82) is 0 Å². The van der Waals surface area contributed by atoms with E-state index >= 15 is 0 Å². The van der Waals surface area contributed by atoms with E-state index in [1.54, 1.807) is 31.2 Å². The number of hydrogen-bond donors (Lipinski definition) is 1. The van der Waals surface area contributed by atoms with Crippen LogP contribution < -0.4 is 5.32 Å². The Labute approximate surface area is 167 Å². The van der Waals surface area contributed by atoms with E-state index in [9.17, 15) is 14.4 Å². The minimum atomic E-state index is -0.840. The zero-order valence-electron chi connectivity index (χ0n) is 17.6. The number of anilines is 1. The summed E-state index contributed by atoms with van der Waals surface area (Å²) in [6, 6.07) is 6.80. The summed E-state index contributed by atoms with van der Waals surface area (Å²) in [4.78, 5) is 39.3. The van der Waals surface area contributed by atoms with E-state index in [1.807, 2.05) is 25.7 Å². The molecule has 1 aliphatic heterocycles. The molecule has 6 nitrogen and oxygen atoms in total. The number of likely N-dealkylation sites (tertiary alicyclic amines) is 1. The van der Waals surface area contributed by atoms with E-state index in [0.29, 0.717) is 17.8 Å². The van der Waals surface area contributed by atoms with Crippen LogP contribution in [0.4, 0.5) is 5.69 Å². The molecule has 2 unspecified atom stereocenters. The molecule has 154 valence electrons. The van der Waals surface area contributed by atoms with Crippen molar-refractivity contribution in [3.8, 4) is 0 Å². The van der Waals surface area contributed by atoms with Gasteiger partial charge in [0.1, 0.15) is 0 Å². The third kappa shape index (κ3) is 5.57. The van der Waals surface area contributed by atoms with Crippen LogP contribution in [0.1, 0.15) is 70.7 Å². The molecule has 0 radical (unpaired) electrons.